The Morgan fingerprint density at radius 1 is 1.60 bits per heavy atom. The molecule has 5 nitrogen and oxygen atoms in total. The molecule has 5 heteroatoms. The number of anilines is 1. The molecule has 2 N–H and O–H groups in total. The Hall–Kier alpha value is -2.09. The number of nitrogens with one attached hydrogen (secondary N) is 2. The fourth-order valence-corrected chi connectivity index (χ4v) is 1.46. The van der Waals surface area contributed by atoms with E-state index < -0.39 is 0 Å². The molecule has 15 heavy (non-hydrogen) atoms. The number of aromatic nitrogens is 1. The summed E-state index contributed by atoms with van der Waals surface area (Å²) in [5, 5.41) is 14.4. The summed E-state index contributed by atoms with van der Waals surface area (Å²) >= 11 is 0. The van der Waals surface area contributed by atoms with E-state index in [-0.39, 0.29) is 11.9 Å². The van der Waals surface area contributed by atoms with Crippen molar-refractivity contribution in [3.63, 3.8) is 0 Å². The van der Waals surface area contributed by atoms with E-state index in [2.05, 4.69) is 15.6 Å². The molecule has 0 saturated carbocycles. The first kappa shape index (κ1) is 9.46. The monoisotopic (exact) mass is 202 g/mol. The first-order valence-electron chi connectivity index (χ1n) is 4.67. The summed E-state index contributed by atoms with van der Waals surface area (Å²) in [5.41, 5.74) is 0.529. The maximum absolute atomic E-state index is 10.9. The van der Waals surface area contributed by atoms with Gasteiger partial charge in [-0.15, -0.1) is 0 Å². The van der Waals surface area contributed by atoms with Crippen molar-refractivity contribution in [3.8, 4) is 6.07 Å². The quantitative estimate of drug-likeness (QED) is 0.720. The summed E-state index contributed by atoms with van der Waals surface area (Å²) in [4.78, 5) is 15.0. The fraction of sp³-hybridized carbons (Fsp3) is 0.300. The first-order valence-corrected chi connectivity index (χ1v) is 4.67. The molecule has 1 amide bonds. The zero-order valence-electron chi connectivity index (χ0n) is 8.03. The molecular weight excluding hydrogens is 192 g/mol. The van der Waals surface area contributed by atoms with E-state index in [1.165, 1.54) is 6.20 Å². The Morgan fingerprint density at radius 2 is 2.47 bits per heavy atom. The Labute approximate surface area is 87.1 Å². The van der Waals surface area contributed by atoms with Crippen molar-refractivity contribution < 1.29 is 4.79 Å². The number of hydrogen-bond donors (Lipinski definition) is 2. The highest BCUT2D eigenvalue weighted by Crippen LogP contribution is 2.09. The fourth-order valence-electron chi connectivity index (χ4n) is 1.46. The molecule has 2 rings (SSSR count). The summed E-state index contributed by atoms with van der Waals surface area (Å²) in [6.45, 7) is 0.626. The van der Waals surface area contributed by atoms with Gasteiger partial charge in [-0.05, 0) is 12.1 Å². The van der Waals surface area contributed by atoms with E-state index >= 15 is 0 Å². The molecule has 1 aromatic rings. The van der Waals surface area contributed by atoms with Gasteiger partial charge >= 0.3 is 0 Å². The van der Waals surface area contributed by atoms with Gasteiger partial charge in [-0.25, -0.2) is 4.98 Å². The number of rotatable bonds is 2. The number of carbonyl (C=O) groups is 1. The van der Waals surface area contributed by atoms with Crippen LogP contribution in [0.4, 0.5) is 5.82 Å². The molecule has 1 aliphatic heterocycles. The van der Waals surface area contributed by atoms with Crippen LogP contribution < -0.4 is 10.6 Å². The van der Waals surface area contributed by atoms with Crippen molar-refractivity contribution in [2.75, 3.05) is 11.9 Å². The van der Waals surface area contributed by atoms with Gasteiger partial charge in [0.15, 0.2) is 0 Å². The van der Waals surface area contributed by atoms with Crippen molar-refractivity contribution in [2.24, 2.45) is 0 Å². The van der Waals surface area contributed by atoms with Crippen LogP contribution in [0.15, 0.2) is 18.3 Å². The van der Waals surface area contributed by atoms with Crippen LogP contribution in [-0.2, 0) is 4.79 Å². The van der Waals surface area contributed by atoms with Crippen LogP contribution in [0.3, 0.4) is 0 Å². The lowest BCUT2D eigenvalue weighted by Gasteiger charge is -2.10. The minimum absolute atomic E-state index is 0.0566. The minimum Gasteiger partial charge on any atom is -0.365 e. The molecule has 0 aromatic carbocycles. The lowest BCUT2D eigenvalue weighted by molar-refractivity contribution is -0.119. The Balaban J connectivity index is 1.99. The number of carbonyl (C=O) groups excluding carboxylic acids is 1. The van der Waals surface area contributed by atoms with Crippen molar-refractivity contribution in [3.05, 3.63) is 23.9 Å². The second-order valence-electron chi connectivity index (χ2n) is 3.39. The molecule has 1 unspecified atom stereocenters. The zero-order chi connectivity index (χ0) is 10.7. The molecule has 0 spiro atoms. The Kier molecular flexibility index (Phi) is 2.50. The predicted octanol–water partition coefficient (Wildman–Crippen LogP) is 0.254. The highest BCUT2D eigenvalue weighted by molar-refractivity contribution is 5.79. The van der Waals surface area contributed by atoms with Gasteiger partial charge < -0.3 is 10.6 Å². The van der Waals surface area contributed by atoms with Crippen LogP contribution in [0.1, 0.15) is 12.0 Å². The minimum atomic E-state index is 0.0566. The van der Waals surface area contributed by atoms with Crippen LogP contribution in [0.25, 0.3) is 0 Å². The Bertz CT molecular complexity index is 406. The van der Waals surface area contributed by atoms with Crippen LogP contribution in [-0.4, -0.2) is 23.5 Å². The number of hydrogen-bond acceptors (Lipinski definition) is 4. The second kappa shape index (κ2) is 3.96. The normalized spacial score (nSPS) is 19.4. The predicted molar refractivity (Wildman–Crippen MR) is 54.0 cm³/mol. The van der Waals surface area contributed by atoms with Gasteiger partial charge in [0.2, 0.25) is 5.91 Å². The lowest BCUT2D eigenvalue weighted by atomic mass is 10.2. The van der Waals surface area contributed by atoms with E-state index in [1.54, 1.807) is 12.1 Å². The standard InChI is InChI=1S/C10H10N4O/c11-4-7-1-2-9(12-5-7)14-8-3-10(15)13-6-8/h1-2,5,8H,3,6H2,(H,12,14)(H,13,15). The average Bonchev–Trinajstić information content (AvgIpc) is 2.65. The molecular formula is C10H10N4O. The topological polar surface area (TPSA) is 77.8 Å². The average molecular weight is 202 g/mol. The number of nitrogens with zero attached hydrogens (tertiary/aromatic N) is 2. The van der Waals surface area contributed by atoms with E-state index in [1.807, 2.05) is 6.07 Å². The SMILES string of the molecule is N#Cc1ccc(NC2CNC(=O)C2)nc1. The number of pyridine rings is 1. The highest BCUT2D eigenvalue weighted by atomic mass is 16.1. The Morgan fingerprint density at radius 3 is 3.00 bits per heavy atom. The van der Waals surface area contributed by atoms with Crippen molar-refractivity contribution in [2.45, 2.75) is 12.5 Å². The van der Waals surface area contributed by atoms with Gasteiger partial charge in [0.05, 0.1) is 11.6 Å². The molecule has 1 atom stereocenters. The van der Waals surface area contributed by atoms with E-state index in [0.717, 1.165) is 0 Å². The van der Waals surface area contributed by atoms with Crippen molar-refractivity contribution in [1.82, 2.24) is 10.3 Å². The number of amides is 1. The summed E-state index contributed by atoms with van der Waals surface area (Å²) in [7, 11) is 0. The van der Waals surface area contributed by atoms with E-state index in [0.29, 0.717) is 24.3 Å². The van der Waals surface area contributed by atoms with Gasteiger partial charge in [0.25, 0.3) is 0 Å². The van der Waals surface area contributed by atoms with E-state index in [4.69, 9.17) is 5.26 Å². The smallest absolute Gasteiger partial charge is 0.222 e. The van der Waals surface area contributed by atoms with Crippen LogP contribution >= 0.6 is 0 Å². The third-order valence-electron chi connectivity index (χ3n) is 2.22. The first-order chi connectivity index (χ1) is 7.28. The maximum Gasteiger partial charge on any atom is 0.222 e. The third-order valence-corrected chi connectivity index (χ3v) is 2.22. The molecule has 0 aliphatic carbocycles. The third kappa shape index (κ3) is 2.23. The summed E-state index contributed by atoms with van der Waals surface area (Å²) in [6.07, 6.45) is 1.98. The number of nitriles is 1. The van der Waals surface area contributed by atoms with Crippen LogP contribution in [0.5, 0.6) is 0 Å². The van der Waals surface area contributed by atoms with Crippen molar-refractivity contribution in [1.29, 1.82) is 5.26 Å². The van der Waals surface area contributed by atoms with Gasteiger partial charge in [-0.1, -0.05) is 0 Å². The summed E-state index contributed by atoms with van der Waals surface area (Å²) in [6, 6.07) is 5.52. The van der Waals surface area contributed by atoms with Crippen LogP contribution in [0, 0.1) is 11.3 Å². The lowest BCUT2D eigenvalue weighted by Crippen LogP contribution is -2.22. The molecule has 2 heterocycles. The highest BCUT2D eigenvalue weighted by Gasteiger charge is 2.20. The molecule has 76 valence electrons. The molecule has 0 bridgehead atoms. The second-order valence-corrected chi connectivity index (χ2v) is 3.39. The van der Waals surface area contributed by atoms with Gasteiger partial charge in [-0.2, -0.15) is 5.26 Å². The van der Waals surface area contributed by atoms with Gasteiger partial charge in [0, 0.05) is 19.2 Å². The molecule has 1 aromatic heterocycles. The molecule has 0 radical (unpaired) electrons. The van der Waals surface area contributed by atoms with Crippen LogP contribution in [0.2, 0.25) is 0 Å². The summed E-state index contributed by atoms with van der Waals surface area (Å²) < 4.78 is 0. The molecule has 1 saturated heterocycles. The molecule has 1 fully saturated rings. The molecule has 1 aliphatic rings. The zero-order valence-corrected chi connectivity index (χ0v) is 8.03. The summed E-state index contributed by atoms with van der Waals surface area (Å²) in [5.74, 6) is 0.747. The largest absolute Gasteiger partial charge is 0.365 e. The maximum atomic E-state index is 10.9. The van der Waals surface area contributed by atoms with Gasteiger partial charge in [-0.3, -0.25) is 4.79 Å². The van der Waals surface area contributed by atoms with Gasteiger partial charge in [0.1, 0.15) is 11.9 Å². The van der Waals surface area contributed by atoms with Crippen molar-refractivity contribution >= 4 is 11.7 Å². The van der Waals surface area contributed by atoms with E-state index in [9.17, 15) is 4.79 Å².